The molecule has 0 saturated heterocycles. The number of aromatic carboxylic acids is 1. The second kappa shape index (κ2) is 4.74. The Hall–Kier alpha value is -2.62. The van der Waals surface area contributed by atoms with Crippen LogP contribution in [0.4, 0.5) is 0 Å². The molecule has 0 aliphatic rings. The number of nitrogens with zero attached hydrogens (tertiary/aromatic N) is 2. The number of carboxylic acids is 1. The first-order chi connectivity index (χ1) is 9.95. The van der Waals surface area contributed by atoms with Gasteiger partial charge in [-0.05, 0) is 62.2 Å². The van der Waals surface area contributed by atoms with E-state index in [0.717, 1.165) is 22.5 Å². The molecule has 4 nitrogen and oxygen atoms in total. The van der Waals surface area contributed by atoms with Crippen molar-refractivity contribution in [3.63, 3.8) is 0 Å². The summed E-state index contributed by atoms with van der Waals surface area (Å²) in [6.45, 7) is 6.03. The molecule has 1 N–H and O–H groups in total. The molecule has 0 fully saturated rings. The Morgan fingerprint density at radius 1 is 1.05 bits per heavy atom. The van der Waals surface area contributed by atoms with Gasteiger partial charge in [-0.2, -0.15) is 0 Å². The average Bonchev–Trinajstić information content (AvgIpc) is 2.72. The van der Waals surface area contributed by atoms with Crippen LogP contribution in [0.5, 0.6) is 0 Å². The van der Waals surface area contributed by atoms with Gasteiger partial charge in [0.25, 0.3) is 0 Å². The number of carboxylic acid groups (broad SMARTS) is 1. The number of imidazole rings is 1. The maximum Gasteiger partial charge on any atom is 0.335 e. The Bertz CT molecular complexity index is 842. The van der Waals surface area contributed by atoms with Crippen molar-refractivity contribution < 1.29 is 9.90 Å². The number of hydrogen-bond donors (Lipinski definition) is 1. The van der Waals surface area contributed by atoms with Gasteiger partial charge in [-0.1, -0.05) is 6.07 Å². The summed E-state index contributed by atoms with van der Waals surface area (Å²) < 4.78 is 2.00. The van der Waals surface area contributed by atoms with Crippen LogP contribution in [0.25, 0.3) is 16.7 Å². The molecule has 0 radical (unpaired) electrons. The van der Waals surface area contributed by atoms with Gasteiger partial charge in [0.2, 0.25) is 0 Å². The zero-order valence-electron chi connectivity index (χ0n) is 12.2. The summed E-state index contributed by atoms with van der Waals surface area (Å²) in [5.41, 5.74) is 5.23. The molecular weight excluding hydrogens is 264 g/mol. The van der Waals surface area contributed by atoms with Gasteiger partial charge in [-0.15, -0.1) is 0 Å². The summed E-state index contributed by atoms with van der Waals surface area (Å²) in [6, 6.07) is 11.3. The minimum Gasteiger partial charge on any atom is -0.478 e. The number of aryl methyl sites for hydroxylation is 3. The third-order valence-electron chi connectivity index (χ3n) is 3.53. The van der Waals surface area contributed by atoms with E-state index in [1.165, 1.54) is 11.1 Å². The standard InChI is InChI=1S/C17H16N2O2/c1-10-6-11(2)8-14(7-10)19-12(3)18-15-5-4-13(17(20)21)9-16(15)19/h4-9H,1-3H3,(H,20,21). The van der Waals surface area contributed by atoms with Crippen molar-refractivity contribution in [3.8, 4) is 5.69 Å². The van der Waals surface area contributed by atoms with Gasteiger partial charge in [-0.25, -0.2) is 9.78 Å². The normalized spacial score (nSPS) is 11.0. The van der Waals surface area contributed by atoms with Crippen LogP contribution in [-0.2, 0) is 0 Å². The largest absolute Gasteiger partial charge is 0.478 e. The van der Waals surface area contributed by atoms with E-state index in [1.54, 1.807) is 18.2 Å². The van der Waals surface area contributed by atoms with Crippen molar-refractivity contribution in [2.24, 2.45) is 0 Å². The lowest BCUT2D eigenvalue weighted by Gasteiger charge is -2.09. The van der Waals surface area contributed by atoms with Crippen molar-refractivity contribution in [1.29, 1.82) is 0 Å². The maximum absolute atomic E-state index is 11.2. The van der Waals surface area contributed by atoms with E-state index in [-0.39, 0.29) is 5.56 Å². The molecule has 4 heteroatoms. The van der Waals surface area contributed by atoms with Crippen LogP contribution in [0, 0.1) is 20.8 Å². The molecule has 3 aromatic rings. The number of fused-ring (bicyclic) bond motifs is 1. The quantitative estimate of drug-likeness (QED) is 0.779. The second-order valence-corrected chi connectivity index (χ2v) is 5.35. The third-order valence-corrected chi connectivity index (χ3v) is 3.53. The van der Waals surface area contributed by atoms with Crippen LogP contribution >= 0.6 is 0 Å². The molecule has 0 saturated carbocycles. The number of rotatable bonds is 2. The Morgan fingerprint density at radius 2 is 1.71 bits per heavy atom. The lowest BCUT2D eigenvalue weighted by molar-refractivity contribution is 0.0697. The monoisotopic (exact) mass is 280 g/mol. The van der Waals surface area contributed by atoms with Crippen LogP contribution in [-0.4, -0.2) is 20.6 Å². The molecular formula is C17H16N2O2. The fourth-order valence-corrected chi connectivity index (χ4v) is 2.73. The molecule has 0 atom stereocenters. The van der Waals surface area contributed by atoms with E-state index >= 15 is 0 Å². The minimum absolute atomic E-state index is 0.271. The first-order valence-corrected chi connectivity index (χ1v) is 6.77. The van der Waals surface area contributed by atoms with E-state index in [9.17, 15) is 9.90 Å². The van der Waals surface area contributed by atoms with Gasteiger partial charge in [0.15, 0.2) is 0 Å². The maximum atomic E-state index is 11.2. The van der Waals surface area contributed by atoms with Gasteiger partial charge in [0.05, 0.1) is 16.6 Å². The first-order valence-electron chi connectivity index (χ1n) is 6.77. The zero-order chi connectivity index (χ0) is 15.1. The topological polar surface area (TPSA) is 55.1 Å². The molecule has 106 valence electrons. The van der Waals surface area contributed by atoms with E-state index < -0.39 is 5.97 Å². The van der Waals surface area contributed by atoms with Crippen molar-refractivity contribution >= 4 is 17.0 Å². The van der Waals surface area contributed by atoms with Crippen LogP contribution in [0.3, 0.4) is 0 Å². The lowest BCUT2D eigenvalue weighted by Crippen LogP contribution is -2.00. The highest BCUT2D eigenvalue weighted by Gasteiger charge is 2.12. The third kappa shape index (κ3) is 2.29. The summed E-state index contributed by atoms with van der Waals surface area (Å²) in [5.74, 6) is -0.0831. The number of carbonyl (C=O) groups is 1. The predicted molar refractivity (Wildman–Crippen MR) is 82.2 cm³/mol. The fraction of sp³-hybridized carbons (Fsp3) is 0.176. The van der Waals surface area contributed by atoms with Crippen molar-refractivity contribution in [3.05, 3.63) is 58.9 Å². The molecule has 1 aromatic heterocycles. The van der Waals surface area contributed by atoms with Crippen molar-refractivity contribution in [1.82, 2.24) is 9.55 Å². The fourth-order valence-electron chi connectivity index (χ4n) is 2.73. The van der Waals surface area contributed by atoms with Crippen LogP contribution in [0.2, 0.25) is 0 Å². The van der Waals surface area contributed by atoms with Crippen LogP contribution < -0.4 is 0 Å². The Morgan fingerprint density at radius 3 is 2.33 bits per heavy atom. The Labute approximate surface area is 122 Å². The smallest absolute Gasteiger partial charge is 0.335 e. The summed E-state index contributed by atoms with van der Waals surface area (Å²) in [6.07, 6.45) is 0. The molecule has 21 heavy (non-hydrogen) atoms. The zero-order valence-corrected chi connectivity index (χ0v) is 12.2. The highest BCUT2D eigenvalue weighted by molar-refractivity contribution is 5.93. The van der Waals surface area contributed by atoms with Crippen molar-refractivity contribution in [2.45, 2.75) is 20.8 Å². The summed E-state index contributed by atoms with van der Waals surface area (Å²) >= 11 is 0. The van der Waals surface area contributed by atoms with Gasteiger partial charge >= 0.3 is 5.97 Å². The summed E-state index contributed by atoms with van der Waals surface area (Å²) in [4.78, 5) is 15.7. The van der Waals surface area contributed by atoms with E-state index in [0.29, 0.717) is 0 Å². The molecule has 0 aliphatic carbocycles. The second-order valence-electron chi connectivity index (χ2n) is 5.35. The van der Waals surface area contributed by atoms with Crippen LogP contribution in [0.15, 0.2) is 36.4 Å². The lowest BCUT2D eigenvalue weighted by atomic mass is 10.1. The average molecular weight is 280 g/mol. The highest BCUT2D eigenvalue weighted by atomic mass is 16.4. The van der Waals surface area contributed by atoms with E-state index in [1.807, 2.05) is 25.3 Å². The highest BCUT2D eigenvalue weighted by Crippen LogP contribution is 2.24. The predicted octanol–water partition coefficient (Wildman–Crippen LogP) is 3.65. The molecule has 0 unspecified atom stereocenters. The SMILES string of the molecule is Cc1cc(C)cc(-n2c(C)nc3ccc(C(=O)O)cc32)c1. The molecule has 0 aliphatic heterocycles. The molecule has 0 bridgehead atoms. The molecule has 0 amide bonds. The number of benzene rings is 2. The summed E-state index contributed by atoms with van der Waals surface area (Å²) in [7, 11) is 0. The first kappa shape index (κ1) is 13.4. The molecule has 0 spiro atoms. The molecule has 2 aromatic carbocycles. The van der Waals surface area contributed by atoms with Gasteiger partial charge in [0, 0.05) is 5.69 Å². The van der Waals surface area contributed by atoms with Crippen LogP contribution in [0.1, 0.15) is 27.3 Å². The van der Waals surface area contributed by atoms with Gasteiger partial charge < -0.3 is 5.11 Å². The summed E-state index contributed by atoms with van der Waals surface area (Å²) in [5, 5.41) is 9.17. The number of hydrogen-bond acceptors (Lipinski definition) is 2. The molecule has 1 heterocycles. The van der Waals surface area contributed by atoms with Crippen molar-refractivity contribution in [2.75, 3.05) is 0 Å². The van der Waals surface area contributed by atoms with E-state index in [4.69, 9.17) is 0 Å². The minimum atomic E-state index is -0.928. The Balaban J connectivity index is 2.32. The van der Waals surface area contributed by atoms with E-state index in [2.05, 4.69) is 23.2 Å². The molecule has 3 rings (SSSR count). The Kier molecular flexibility index (Phi) is 3.01. The van der Waals surface area contributed by atoms with Gasteiger partial charge in [0.1, 0.15) is 5.82 Å². The number of aromatic nitrogens is 2. The van der Waals surface area contributed by atoms with Gasteiger partial charge in [-0.3, -0.25) is 4.57 Å².